The maximum atomic E-state index is 10.3. The van der Waals surface area contributed by atoms with Crippen LogP contribution in [0.2, 0.25) is 0 Å². The van der Waals surface area contributed by atoms with Gasteiger partial charge in [0.1, 0.15) is 0 Å². The van der Waals surface area contributed by atoms with Gasteiger partial charge in [-0.15, -0.1) is 0 Å². The molecule has 0 amide bonds. The zero-order valence-corrected chi connectivity index (χ0v) is 11.5. The Morgan fingerprint density at radius 1 is 1.06 bits per heavy atom. The topological polar surface area (TPSA) is 40.1 Å². The summed E-state index contributed by atoms with van der Waals surface area (Å²) in [6.45, 7) is 11.2. The summed E-state index contributed by atoms with van der Waals surface area (Å²) in [4.78, 5) is 10.3. The van der Waals surface area contributed by atoms with Crippen molar-refractivity contribution >= 4 is 5.97 Å². The SMILES string of the molecule is CC(CCC(=O)[O-])CCC(C)CC(C)(C)C. The molecule has 96 valence electrons. The Bertz CT molecular complexity index is 203. The molecular weight excluding hydrogens is 200 g/mol. The third-order valence-corrected chi connectivity index (χ3v) is 2.95. The molecule has 16 heavy (non-hydrogen) atoms. The van der Waals surface area contributed by atoms with Crippen LogP contribution in [0.1, 0.15) is 66.7 Å². The van der Waals surface area contributed by atoms with E-state index in [1.807, 2.05) is 0 Å². The van der Waals surface area contributed by atoms with Crippen LogP contribution in [0.25, 0.3) is 0 Å². The number of carbonyl (C=O) groups is 1. The molecule has 0 radical (unpaired) electrons. The molecule has 0 aromatic heterocycles. The van der Waals surface area contributed by atoms with E-state index >= 15 is 0 Å². The van der Waals surface area contributed by atoms with Crippen LogP contribution in [-0.4, -0.2) is 5.97 Å². The zero-order chi connectivity index (χ0) is 12.8. The van der Waals surface area contributed by atoms with Crippen molar-refractivity contribution in [2.45, 2.75) is 66.7 Å². The lowest BCUT2D eigenvalue weighted by molar-refractivity contribution is -0.306. The van der Waals surface area contributed by atoms with Gasteiger partial charge < -0.3 is 9.90 Å². The normalized spacial score (nSPS) is 15.8. The lowest BCUT2D eigenvalue weighted by Crippen LogP contribution is -2.22. The van der Waals surface area contributed by atoms with Gasteiger partial charge in [0, 0.05) is 5.97 Å². The highest BCUT2D eigenvalue weighted by molar-refractivity contribution is 5.64. The number of hydrogen-bond donors (Lipinski definition) is 0. The number of rotatable bonds is 7. The number of carboxylic acid groups (broad SMARTS) is 1. The van der Waals surface area contributed by atoms with Gasteiger partial charge in [0.05, 0.1) is 0 Å². The van der Waals surface area contributed by atoms with Gasteiger partial charge >= 0.3 is 0 Å². The van der Waals surface area contributed by atoms with Crippen molar-refractivity contribution in [2.24, 2.45) is 17.3 Å². The second kappa shape index (κ2) is 6.93. The van der Waals surface area contributed by atoms with Crippen LogP contribution < -0.4 is 5.11 Å². The Labute approximate surface area is 100 Å². The van der Waals surface area contributed by atoms with Crippen molar-refractivity contribution in [3.63, 3.8) is 0 Å². The van der Waals surface area contributed by atoms with Gasteiger partial charge in [-0.05, 0) is 36.5 Å². The minimum Gasteiger partial charge on any atom is -0.550 e. The number of hydrogen-bond acceptors (Lipinski definition) is 2. The van der Waals surface area contributed by atoms with Gasteiger partial charge in [-0.25, -0.2) is 0 Å². The molecule has 0 aliphatic heterocycles. The summed E-state index contributed by atoms with van der Waals surface area (Å²) in [5, 5.41) is 10.3. The highest BCUT2D eigenvalue weighted by Gasteiger charge is 2.15. The Morgan fingerprint density at radius 2 is 1.56 bits per heavy atom. The van der Waals surface area contributed by atoms with E-state index in [9.17, 15) is 9.90 Å². The number of aliphatic carboxylic acids is 1. The molecule has 0 bridgehead atoms. The molecular formula is C14H27O2-. The van der Waals surface area contributed by atoms with E-state index < -0.39 is 5.97 Å². The quantitative estimate of drug-likeness (QED) is 0.670. The van der Waals surface area contributed by atoms with Crippen molar-refractivity contribution in [3.05, 3.63) is 0 Å². The summed E-state index contributed by atoms with van der Waals surface area (Å²) in [5.74, 6) is 0.306. The Hall–Kier alpha value is -0.530. The third-order valence-electron chi connectivity index (χ3n) is 2.95. The first-order chi connectivity index (χ1) is 7.20. The van der Waals surface area contributed by atoms with Crippen LogP contribution in [-0.2, 0) is 4.79 Å². The van der Waals surface area contributed by atoms with Crippen LogP contribution in [0.5, 0.6) is 0 Å². The van der Waals surface area contributed by atoms with Crippen LogP contribution >= 0.6 is 0 Å². The van der Waals surface area contributed by atoms with Gasteiger partial charge in [-0.3, -0.25) is 0 Å². The summed E-state index contributed by atoms with van der Waals surface area (Å²) in [6, 6.07) is 0. The van der Waals surface area contributed by atoms with Crippen LogP contribution in [0.15, 0.2) is 0 Å². The fourth-order valence-electron chi connectivity index (χ4n) is 2.23. The molecule has 0 N–H and O–H groups in total. The predicted molar refractivity (Wildman–Crippen MR) is 65.9 cm³/mol. The Morgan fingerprint density at radius 3 is 2.00 bits per heavy atom. The molecule has 0 aromatic rings. The summed E-state index contributed by atoms with van der Waals surface area (Å²) in [7, 11) is 0. The van der Waals surface area contributed by atoms with Crippen molar-refractivity contribution in [1.29, 1.82) is 0 Å². The van der Waals surface area contributed by atoms with E-state index in [0.717, 1.165) is 18.8 Å². The molecule has 0 rings (SSSR count). The second-order valence-corrected chi connectivity index (χ2v) is 6.46. The van der Waals surface area contributed by atoms with Crippen molar-refractivity contribution in [3.8, 4) is 0 Å². The molecule has 2 heteroatoms. The molecule has 0 spiro atoms. The monoisotopic (exact) mass is 227 g/mol. The maximum absolute atomic E-state index is 10.3. The molecule has 0 saturated heterocycles. The summed E-state index contributed by atoms with van der Waals surface area (Å²) in [5.41, 5.74) is 0.396. The van der Waals surface area contributed by atoms with Gasteiger partial charge in [0.25, 0.3) is 0 Å². The highest BCUT2D eigenvalue weighted by Crippen LogP contribution is 2.28. The first-order valence-corrected chi connectivity index (χ1v) is 6.40. The lowest BCUT2D eigenvalue weighted by Gasteiger charge is -2.24. The standard InChI is InChI=1S/C14H28O2/c1-11(8-9-13(15)16)6-7-12(2)10-14(3,4)5/h11-12H,6-10H2,1-5H3,(H,15,16)/p-1. The Kier molecular flexibility index (Phi) is 6.70. The molecule has 0 aliphatic carbocycles. The minimum atomic E-state index is -0.922. The molecule has 0 fully saturated rings. The molecule has 0 saturated carbocycles. The minimum absolute atomic E-state index is 0.203. The number of carboxylic acids is 1. The van der Waals surface area contributed by atoms with Crippen LogP contribution in [0.4, 0.5) is 0 Å². The second-order valence-electron chi connectivity index (χ2n) is 6.46. The molecule has 0 heterocycles. The van der Waals surface area contributed by atoms with E-state index in [1.54, 1.807) is 0 Å². The first kappa shape index (κ1) is 15.5. The van der Waals surface area contributed by atoms with Crippen molar-refractivity contribution < 1.29 is 9.90 Å². The van der Waals surface area contributed by atoms with E-state index in [0.29, 0.717) is 11.3 Å². The van der Waals surface area contributed by atoms with Gasteiger partial charge in [-0.1, -0.05) is 47.5 Å². The summed E-state index contributed by atoms with van der Waals surface area (Å²) < 4.78 is 0. The number of carbonyl (C=O) groups excluding carboxylic acids is 1. The molecule has 2 unspecified atom stereocenters. The summed E-state index contributed by atoms with van der Waals surface area (Å²) in [6.07, 6.45) is 4.52. The zero-order valence-electron chi connectivity index (χ0n) is 11.5. The molecule has 2 nitrogen and oxygen atoms in total. The van der Waals surface area contributed by atoms with Crippen molar-refractivity contribution in [1.82, 2.24) is 0 Å². The van der Waals surface area contributed by atoms with Gasteiger partial charge in [0.15, 0.2) is 0 Å². The molecule has 0 aromatic carbocycles. The van der Waals surface area contributed by atoms with Crippen LogP contribution in [0, 0.1) is 17.3 Å². The fraction of sp³-hybridized carbons (Fsp3) is 0.929. The fourth-order valence-corrected chi connectivity index (χ4v) is 2.23. The van der Waals surface area contributed by atoms with Crippen molar-refractivity contribution in [2.75, 3.05) is 0 Å². The van der Waals surface area contributed by atoms with Gasteiger partial charge in [0.2, 0.25) is 0 Å². The average Bonchev–Trinajstić information content (AvgIpc) is 2.08. The lowest BCUT2D eigenvalue weighted by atomic mass is 9.82. The predicted octanol–water partition coefficient (Wildman–Crippen LogP) is 3.01. The van der Waals surface area contributed by atoms with Gasteiger partial charge in [-0.2, -0.15) is 0 Å². The average molecular weight is 227 g/mol. The van der Waals surface area contributed by atoms with E-state index in [-0.39, 0.29) is 6.42 Å². The van der Waals surface area contributed by atoms with E-state index in [2.05, 4.69) is 34.6 Å². The van der Waals surface area contributed by atoms with Crippen LogP contribution in [0.3, 0.4) is 0 Å². The maximum Gasteiger partial charge on any atom is 0.0414 e. The molecule has 2 atom stereocenters. The Balaban J connectivity index is 3.66. The van der Waals surface area contributed by atoms with E-state index in [4.69, 9.17) is 0 Å². The van der Waals surface area contributed by atoms with E-state index in [1.165, 1.54) is 12.8 Å². The first-order valence-electron chi connectivity index (χ1n) is 6.40. The largest absolute Gasteiger partial charge is 0.550 e. The smallest absolute Gasteiger partial charge is 0.0414 e. The molecule has 0 aliphatic rings. The highest BCUT2D eigenvalue weighted by atomic mass is 16.4. The summed E-state index contributed by atoms with van der Waals surface area (Å²) >= 11 is 0. The third kappa shape index (κ3) is 10.0.